The van der Waals surface area contributed by atoms with E-state index in [9.17, 15) is 33.6 Å². The maximum absolute atomic E-state index is 13.2. The molecule has 262 valence electrons. The largest absolute Gasteiger partial charge is 0.368 e. The Morgan fingerprint density at radius 1 is 0.681 bits per heavy atom. The van der Waals surface area contributed by atoms with Crippen LogP contribution in [0.15, 0.2) is 30.3 Å². The average Bonchev–Trinajstić information content (AvgIpc) is 3.02. The van der Waals surface area contributed by atoms with Gasteiger partial charge in [0.1, 0.15) is 24.2 Å². The third-order valence-corrected chi connectivity index (χ3v) is 7.10. The van der Waals surface area contributed by atoms with Gasteiger partial charge in [0, 0.05) is 6.42 Å². The molecule has 16 heteroatoms. The zero-order valence-electron chi connectivity index (χ0n) is 27.8. The van der Waals surface area contributed by atoms with Gasteiger partial charge >= 0.3 is 0 Å². The quantitative estimate of drug-likeness (QED) is 0.0702. The fraction of sp³-hybridized carbons (Fsp3) is 0.581. The monoisotopic (exact) mass is 661 g/mol. The van der Waals surface area contributed by atoms with Crippen LogP contribution in [-0.4, -0.2) is 91.2 Å². The Bertz CT molecular complexity index is 1230. The molecule has 0 saturated carbocycles. The molecule has 0 spiro atoms. The van der Waals surface area contributed by atoms with E-state index >= 15 is 0 Å². The fourth-order valence-corrected chi connectivity index (χ4v) is 4.32. The Morgan fingerprint density at radius 3 is 1.81 bits per heavy atom. The number of benzene rings is 1. The summed E-state index contributed by atoms with van der Waals surface area (Å²) in [6, 6.07) is 3.84. The molecule has 5 atom stereocenters. The lowest BCUT2D eigenvalue weighted by Gasteiger charge is -2.27. The van der Waals surface area contributed by atoms with Crippen LogP contribution in [0.4, 0.5) is 0 Å². The van der Waals surface area contributed by atoms with Crippen LogP contribution in [0.5, 0.6) is 0 Å². The van der Waals surface area contributed by atoms with E-state index in [1.165, 1.54) is 6.92 Å². The van der Waals surface area contributed by atoms with Crippen LogP contribution >= 0.6 is 0 Å². The second kappa shape index (κ2) is 20.5. The van der Waals surface area contributed by atoms with Gasteiger partial charge in [-0.2, -0.15) is 0 Å². The molecule has 0 aromatic heterocycles. The molecular formula is C31H51N9O7. The molecule has 1 rings (SSSR count). The first kappa shape index (κ1) is 40.5. The topological polar surface area (TPSA) is 270 Å². The van der Waals surface area contributed by atoms with E-state index < -0.39 is 90.6 Å². The molecule has 0 aliphatic heterocycles. The van der Waals surface area contributed by atoms with Gasteiger partial charge in [-0.1, -0.05) is 58.0 Å². The molecule has 7 amide bonds. The lowest BCUT2D eigenvalue weighted by atomic mass is 9.99. The number of carbonyl (C=O) groups is 7. The van der Waals surface area contributed by atoms with Gasteiger partial charge in [-0.05, 0) is 43.7 Å². The van der Waals surface area contributed by atoms with Gasteiger partial charge < -0.3 is 49.1 Å². The highest BCUT2D eigenvalue weighted by molar-refractivity contribution is 5.96. The minimum atomic E-state index is -1.11. The maximum Gasteiger partial charge on any atom is 0.243 e. The third-order valence-electron chi connectivity index (χ3n) is 7.10. The first-order valence-corrected chi connectivity index (χ1v) is 15.6. The summed E-state index contributed by atoms with van der Waals surface area (Å²) in [6.07, 6.45) is 0.975. The van der Waals surface area contributed by atoms with Gasteiger partial charge in [0.2, 0.25) is 41.4 Å². The van der Waals surface area contributed by atoms with Gasteiger partial charge in [0.25, 0.3) is 0 Å². The Hall–Kier alpha value is -4.57. The van der Waals surface area contributed by atoms with Crippen molar-refractivity contribution in [1.82, 2.24) is 31.9 Å². The van der Waals surface area contributed by atoms with Gasteiger partial charge in [0.15, 0.2) is 0 Å². The molecule has 12 N–H and O–H groups in total. The van der Waals surface area contributed by atoms with Crippen molar-refractivity contribution in [2.24, 2.45) is 29.0 Å². The summed E-state index contributed by atoms with van der Waals surface area (Å²) in [5.41, 5.74) is 17.1. The molecule has 16 nitrogen and oxygen atoms in total. The van der Waals surface area contributed by atoms with Crippen molar-refractivity contribution in [1.29, 1.82) is 0 Å². The highest BCUT2D eigenvalue weighted by Gasteiger charge is 2.31. The van der Waals surface area contributed by atoms with Crippen molar-refractivity contribution in [3.05, 3.63) is 35.9 Å². The van der Waals surface area contributed by atoms with Crippen LogP contribution in [0.3, 0.4) is 0 Å². The molecule has 0 heterocycles. The molecule has 0 aliphatic carbocycles. The number of primary amides is 1. The van der Waals surface area contributed by atoms with Gasteiger partial charge in [-0.15, -0.1) is 0 Å². The van der Waals surface area contributed by atoms with Gasteiger partial charge in [0.05, 0.1) is 19.1 Å². The van der Waals surface area contributed by atoms with Crippen molar-refractivity contribution in [3.8, 4) is 0 Å². The van der Waals surface area contributed by atoms with Crippen molar-refractivity contribution in [2.45, 2.75) is 84.1 Å². The lowest BCUT2D eigenvalue weighted by Crippen LogP contribution is -2.58. The normalized spacial score (nSPS) is 14.1. The lowest BCUT2D eigenvalue weighted by molar-refractivity contribution is -0.134. The van der Waals surface area contributed by atoms with E-state index in [-0.39, 0.29) is 12.3 Å². The summed E-state index contributed by atoms with van der Waals surface area (Å²) < 4.78 is 0. The molecule has 0 saturated heterocycles. The number of nitrogens with one attached hydrogen (secondary N) is 6. The minimum Gasteiger partial charge on any atom is -0.368 e. The van der Waals surface area contributed by atoms with Crippen LogP contribution < -0.4 is 49.1 Å². The number of amides is 7. The Labute approximate surface area is 275 Å². The molecule has 1 aromatic carbocycles. The van der Waals surface area contributed by atoms with Gasteiger partial charge in [-0.25, -0.2) is 0 Å². The highest BCUT2D eigenvalue weighted by atomic mass is 16.2. The molecule has 0 radical (unpaired) electrons. The van der Waals surface area contributed by atoms with Crippen molar-refractivity contribution < 1.29 is 33.6 Å². The molecule has 0 unspecified atom stereocenters. The number of hydrogen-bond acceptors (Lipinski definition) is 9. The van der Waals surface area contributed by atoms with E-state index in [4.69, 9.17) is 17.2 Å². The van der Waals surface area contributed by atoms with E-state index in [2.05, 4.69) is 31.9 Å². The van der Waals surface area contributed by atoms with E-state index in [1.54, 1.807) is 58.0 Å². The zero-order chi connectivity index (χ0) is 35.7. The molecular weight excluding hydrogens is 610 g/mol. The van der Waals surface area contributed by atoms with Crippen LogP contribution in [0.25, 0.3) is 0 Å². The van der Waals surface area contributed by atoms with Crippen LogP contribution in [0.1, 0.15) is 53.0 Å². The third kappa shape index (κ3) is 15.0. The first-order valence-electron chi connectivity index (χ1n) is 15.6. The minimum absolute atomic E-state index is 0.0855. The molecule has 47 heavy (non-hydrogen) atoms. The second-order valence-corrected chi connectivity index (χ2v) is 11.9. The Morgan fingerprint density at radius 2 is 1.26 bits per heavy atom. The summed E-state index contributed by atoms with van der Waals surface area (Å²) in [5.74, 6) is -5.28. The van der Waals surface area contributed by atoms with Crippen molar-refractivity contribution >= 4 is 41.4 Å². The number of rotatable bonds is 20. The van der Waals surface area contributed by atoms with Crippen LogP contribution in [0.2, 0.25) is 0 Å². The predicted octanol–water partition coefficient (Wildman–Crippen LogP) is -2.72. The molecule has 0 aliphatic rings. The predicted molar refractivity (Wildman–Crippen MR) is 175 cm³/mol. The van der Waals surface area contributed by atoms with Crippen LogP contribution in [-0.2, 0) is 40.0 Å². The average molecular weight is 662 g/mol. The molecule has 0 bridgehead atoms. The zero-order valence-corrected chi connectivity index (χ0v) is 27.8. The smallest absolute Gasteiger partial charge is 0.243 e. The maximum atomic E-state index is 13.2. The van der Waals surface area contributed by atoms with Crippen molar-refractivity contribution in [2.75, 3.05) is 19.6 Å². The summed E-state index contributed by atoms with van der Waals surface area (Å²) in [6.45, 7) is 7.68. The summed E-state index contributed by atoms with van der Waals surface area (Å²) >= 11 is 0. The second-order valence-electron chi connectivity index (χ2n) is 11.9. The van der Waals surface area contributed by atoms with Crippen molar-refractivity contribution in [3.63, 3.8) is 0 Å². The number of carbonyl (C=O) groups excluding carboxylic acids is 7. The SMILES string of the molecule is CC(C)[C@H](NC(=O)CNC(=O)[C@H](Cc1ccccc1)NC(=O)[C@@H](C)NC(=O)[C@@H](N)CCCN)C(=O)N[C@H](C(=O)NCC(N)=O)C(C)C. The molecule has 1 aromatic rings. The van der Waals surface area contributed by atoms with E-state index in [0.29, 0.717) is 19.4 Å². The summed E-state index contributed by atoms with van der Waals surface area (Å²) in [4.78, 5) is 88.1. The summed E-state index contributed by atoms with van der Waals surface area (Å²) in [5, 5.41) is 15.2. The number of hydrogen-bond donors (Lipinski definition) is 9. The highest BCUT2D eigenvalue weighted by Crippen LogP contribution is 2.08. The Balaban J connectivity index is 2.92. The standard InChI is InChI=1S/C31H51N9O7/c1-17(2)25(30(46)35-15-23(34)41)40-31(47)26(18(3)4)39-24(42)16-36-29(45)22(14-20-10-7-6-8-11-20)38-27(43)19(5)37-28(44)21(33)12-9-13-32/h6-8,10-11,17-19,21-22,25-26H,9,12-16,32-33H2,1-5H3,(H2,34,41)(H,35,46)(H,36,45)(H,37,44)(H,38,43)(H,39,42)(H,40,47)/t19-,21+,22+,25+,26+/m1/s1. The van der Waals surface area contributed by atoms with Gasteiger partial charge in [-0.3, -0.25) is 33.6 Å². The fourth-order valence-electron chi connectivity index (χ4n) is 4.32. The first-order chi connectivity index (χ1) is 22.1. The van der Waals surface area contributed by atoms with E-state index in [0.717, 1.165) is 5.56 Å². The van der Waals surface area contributed by atoms with E-state index in [1.807, 2.05) is 0 Å². The summed E-state index contributed by atoms with van der Waals surface area (Å²) in [7, 11) is 0. The number of nitrogens with two attached hydrogens (primary N) is 3. The Kier molecular flexibility index (Phi) is 17.7. The molecule has 0 fully saturated rings. The van der Waals surface area contributed by atoms with Crippen LogP contribution in [0, 0.1) is 11.8 Å².